The number of rotatable bonds is 6. The third kappa shape index (κ3) is 4.06. The summed E-state index contributed by atoms with van der Waals surface area (Å²) in [4.78, 5) is 22.0. The monoisotopic (exact) mass is 293 g/mol. The van der Waals surface area contributed by atoms with Gasteiger partial charge in [0.15, 0.2) is 0 Å². The molecule has 0 atom stereocenters. The van der Waals surface area contributed by atoms with E-state index in [0.29, 0.717) is 5.69 Å². The highest BCUT2D eigenvalue weighted by Crippen LogP contribution is 2.18. The first kappa shape index (κ1) is 14.6. The number of aliphatic carboxylic acids is 1. The summed E-state index contributed by atoms with van der Waals surface area (Å²) in [5.41, 5.74) is 0.477. The lowest BCUT2D eigenvalue weighted by Crippen LogP contribution is -2.13. The van der Waals surface area contributed by atoms with Crippen LogP contribution in [0, 0.1) is 5.82 Å². The number of anilines is 1. The molecule has 0 spiro atoms. The van der Waals surface area contributed by atoms with E-state index in [9.17, 15) is 14.0 Å². The van der Waals surface area contributed by atoms with Crippen molar-refractivity contribution in [1.29, 1.82) is 0 Å². The van der Waals surface area contributed by atoms with Crippen molar-refractivity contribution in [3.63, 3.8) is 0 Å². The van der Waals surface area contributed by atoms with Crippen LogP contribution in [0.1, 0.15) is 19.3 Å². The number of carbonyl (C=O) groups excluding carboxylic acids is 1. The van der Waals surface area contributed by atoms with Crippen LogP contribution in [0.25, 0.3) is 5.69 Å². The van der Waals surface area contributed by atoms with Crippen LogP contribution < -0.4 is 5.32 Å². The van der Waals surface area contributed by atoms with Crippen molar-refractivity contribution in [1.82, 2.24) is 20.2 Å². The molecular weight excluding hydrogens is 281 g/mol. The fourth-order valence-corrected chi connectivity index (χ4v) is 1.64. The van der Waals surface area contributed by atoms with Gasteiger partial charge in [-0.2, -0.15) is 0 Å². The molecule has 9 heteroatoms. The lowest BCUT2D eigenvalue weighted by molar-refractivity contribution is -0.137. The normalized spacial score (nSPS) is 10.3. The Morgan fingerprint density at radius 1 is 1.33 bits per heavy atom. The Kier molecular flexibility index (Phi) is 4.54. The zero-order valence-corrected chi connectivity index (χ0v) is 10.9. The highest BCUT2D eigenvalue weighted by molar-refractivity contribution is 5.91. The number of aromatic nitrogens is 4. The van der Waals surface area contributed by atoms with E-state index in [1.807, 2.05) is 0 Å². The van der Waals surface area contributed by atoms with Crippen LogP contribution >= 0.6 is 0 Å². The van der Waals surface area contributed by atoms with Gasteiger partial charge in [0.25, 0.3) is 0 Å². The largest absolute Gasteiger partial charge is 0.481 e. The van der Waals surface area contributed by atoms with Gasteiger partial charge < -0.3 is 10.4 Å². The zero-order valence-electron chi connectivity index (χ0n) is 10.9. The first-order valence-electron chi connectivity index (χ1n) is 6.11. The molecule has 1 aromatic heterocycles. The smallest absolute Gasteiger partial charge is 0.303 e. The van der Waals surface area contributed by atoms with Crippen molar-refractivity contribution < 1.29 is 19.1 Å². The predicted molar refractivity (Wildman–Crippen MR) is 69.2 cm³/mol. The van der Waals surface area contributed by atoms with Crippen molar-refractivity contribution in [2.24, 2.45) is 0 Å². The summed E-state index contributed by atoms with van der Waals surface area (Å²) in [7, 11) is 0. The maximum Gasteiger partial charge on any atom is 0.303 e. The third-order valence-electron chi connectivity index (χ3n) is 2.63. The number of amides is 1. The Labute approximate surface area is 118 Å². The van der Waals surface area contributed by atoms with E-state index < -0.39 is 17.7 Å². The Morgan fingerprint density at radius 3 is 2.81 bits per heavy atom. The summed E-state index contributed by atoms with van der Waals surface area (Å²) in [5.74, 6) is -2.03. The van der Waals surface area contributed by atoms with Gasteiger partial charge in [0.05, 0.1) is 11.4 Å². The standard InChI is InChI=1S/C12H12FN5O3/c13-9-5-4-8(18-7-14-16-17-18)6-10(9)15-11(19)2-1-3-12(20)21/h4-7H,1-3H2,(H,15,19)(H,20,21). The molecule has 0 aliphatic rings. The molecule has 21 heavy (non-hydrogen) atoms. The lowest BCUT2D eigenvalue weighted by atomic mass is 10.2. The van der Waals surface area contributed by atoms with Gasteiger partial charge in [-0.15, -0.1) is 5.10 Å². The second kappa shape index (κ2) is 6.55. The molecule has 1 amide bonds. The minimum Gasteiger partial charge on any atom is -0.481 e. The number of hydrogen-bond donors (Lipinski definition) is 2. The summed E-state index contributed by atoms with van der Waals surface area (Å²) in [6, 6.07) is 4.04. The van der Waals surface area contributed by atoms with Crippen LogP contribution in [-0.4, -0.2) is 37.2 Å². The summed E-state index contributed by atoms with van der Waals surface area (Å²) in [6.07, 6.45) is 1.42. The summed E-state index contributed by atoms with van der Waals surface area (Å²) in [6.45, 7) is 0. The van der Waals surface area contributed by atoms with E-state index in [2.05, 4.69) is 20.8 Å². The number of carboxylic acid groups (broad SMARTS) is 1. The van der Waals surface area contributed by atoms with Crippen LogP contribution in [0.3, 0.4) is 0 Å². The molecule has 0 unspecified atom stereocenters. The zero-order chi connectivity index (χ0) is 15.2. The van der Waals surface area contributed by atoms with Gasteiger partial charge in [0, 0.05) is 12.8 Å². The molecule has 0 aliphatic heterocycles. The second-order valence-electron chi connectivity index (χ2n) is 4.21. The fraction of sp³-hybridized carbons (Fsp3) is 0.250. The second-order valence-corrected chi connectivity index (χ2v) is 4.21. The molecule has 1 aromatic carbocycles. The Balaban J connectivity index is 2.04. The van der Waals surface area contributed by atoms with Gasteiger partial charge in [-0.3, -0.25) is 9.59 Å². The van der Waals surface area contributed by atoms with Crippen molar-refractivity contribution in [2.75, 3.05) is 5.32 Å². The minimum atomic E-state index is -0.977. The average molecular weight is 293 g/mol. The molecule has 0 saturated carbocycles. The first-order chi connectivity index (χ1) is 10.1. The number of benzene rings is 1. The molecule has 110 valence electrons. The number of carboxylic acids is 1. The van der Waals surface area contributed by atoms with E-state index in [0.717, 1.165) is 0 Å². The molecule has 2 N–H and O–H groups in total. The van der Waals surface area contributed by atoms with Crippen LogP contribution in [0.5, 0.6) is 0 Å². The molecule has 1 heterocycles. The minimum absolute atomic E-state index is 0.000842. The van der Waals surface area contributed by atoms with Gasteiger partial charge in [-0.25, -0.2) is 9.07 Å². The molecule has 2 aromatic rings. The Hall–Kier alpha value is -2.84. The number of halogens is 1. The number of nitrogens with one attached hydrogen (secondary N) is 1. The topological polar surface area (TPSA) is 110 Å². The quantitative estimate of drug-likeness (QED) is 0.822. The molecule has 0 bridgehead atoms. The van der Waals surface area contributed by atoms with Crippen molar-refractivity contribution in [3.8, 4) is 5.69 Å². The number of carbonyl (C=O) groups is 2. The number of hydrogen-bond acceptors (Lipinski definition) is 5. The SMILES string of the molecule is O=C(O)CCCC(=O)Nc1cc(-n2cnnn2)ccc1F. The van der Waals surface area contributed by atoms with Crippen molar-refractivity contribution >= 4 is 17.6 Å². The summed E-state index contributed by atoms with van der Waals surface area (Å²) in [5, 5.41) is 21.5. The molecule has 8 nitrogen and oxygen atoms in total. The van der Waals surface area contributed by atoms with Gasteiger partial charge in [0.1, 0.15) is 12.1 Å². The molecular formula is C12H12FN5O3. The van der Waals surface area contributed by atoms with Crippen LogP contribution in [0.15, 0.2) is 24.5 Å². The van der Waals surface area contributed by atoms with Crippen LogP contribution in [0.2, 0.25) is 0 Å². The summed E-state index contributed by atoms with van der Waals surface area (Å²) < 4.78 is 15.0. The van der Waals surface area contributed by atoms with E-state index in [-0.39, 0.29) is 24.9 Å². The Morgan fingerprint density at radius 2 is 2.14 bits per heavy atom. The third-order valence-corrected chi connectivity index (χ3v) is 2.63. The van der Waals surface area contributed by atoms with E-state index in [1.165, 1.54) is 29.2 Å². The lowest BCUT2D eigenvalue weighted by Gasteiger charge is -2.08. The molecule has 2 rings (SSSR count). The number of tetrazole rings is 1. The molecule has 0 saturated heterocycles. The van der Waals surface area contributed by atoms with Crippen LogP contribution in [-0.2, 0) is 9.59 Å². The maximum absolute atomic E-state index is 13.7. The maximum atomic E-state index is 13.7. The van der Waals surface area contributed by atoms with Gasteiger partial charge in [-0.1, -0.05) is 0 Å². The van der Waals surface area contributed by atoms with Crippen molar-refractivity contribution in [3.05, 3.63) is 30.3 Å². The Bertz CT molecular complexity index is 644. The average Bonchev–Trinajstić information content (AvgIpc) is 2.95. The highest BCUT2D eigenvalue weighted by atomic mass is 19.1. The first-order valence-corrected chi connectivity index (χ1v) is 6.11. The molecule has 0 fully saturated rings. The van der Waals surface area contributed by atoms with Gasteiger partial charge >= 0.3 is 5.97 Å². The predicted octanol–water partition coefficient (Wildman–Crippen LogP) is 0.995. The summed E-state index contributed by atoms with van der Waals surface area (Å²) >= 11 is 0. The number of nitrogens with zero attached hydrogens (tertiary/aromatic N) is 4. The van der Waals surface area contributed by atoms with Crippen molar-refractivity contribution in [2.45, 2.75) is 19.3 Å². The van der Waals surface area contributed by atoms with Gasteiger partial charge in [0.2, 0.25) is 5.91 Å². The van der Waals surface area contributed by atoms with Gasteiger partial charge in [-0.05, 0) is 35.0 Å². The van der Waals surface area contributed by atoms with E-state index in [1.54, 1.807) is 0 Å². The fourth-order valence-electron chi connectivity index (χ4n) is 1.64. The highest BCUT2D eigenvalue weighted by Gasteiger charge is 2.10. The molecule has 0 aliphatic carbocycles. The van der Waals surface area contributed by atoms with E-state index >= 15 is 0 Å². The molecule has 0 radical (unpaired) electrons. The van der Waals surface area contributed by atoms with Crippen LogP contribution in [0.4, 0.5) is 10.1 Å². The van der Waals surface area contributed by atoms with E-state index in [4.69, 9.17) is 5.11 Å².